The van der Waals surface area contributed by atoms with Crippen LogP contribution in [-0.4, -0.2) is 30.5 Å². The number of rotatable bonds is 6. The Balaban J connectivity index is 1.34. The molecule has 0 saturated carbocycles. The Morgan fingerprint density at radius 1 is 1.09 bits per heavy atom. The third-order valence-corrected chi connectivity index (χ3v) is 5.58. The van der Waals surface area contributed by atoms with Gasteiger partial charge in [-0.3, -0.25) is 9.48 Å². The first-order chi connectivity index (χ1) is 16.5. The molecule has 0 aliphatic rings. The van der Waals surface area contributed by atoms with Crippen molar-refractivity contribution in [1.29, 1.82) is 0 Å². The van der Waals surface area contributed by atoms with Crippen LogP contribution in [-0.2, 0) is 17.9 Å². The SMILES string of the molecule is Cc1cccc(-c2ccnc3c2c(C)nn3CC(=O)Nc2cnn(Cc3cccc(F)c3)c2)c1. The van der Waals surface area contributed by atoms with E-state index in [9.17, 15) is 9.18 Å². The summed E-state index contributed by atoms with van der Waals surface area (Å²) in [5.74, 6) is -0.531. The molecule has 3 aromatic heterocycles. The Morgan fingerprint density at radius 2 is 1.94 bits per heavy atom. The van der Waals surface area contributed by atoms with Gasteiger partial charge in [-0.1, -0.05) is 42.0 Å². The second kappa shape index (κ2) is 8.90. The Morgan fingerprint density at radius 3 is 2.76 bits per heavy atom. The van der Waals surface area contributed by atoms with E-state index in [4.69, 9.17) is 0 Å². The van der Waals surface area contributed by atoms with E-state index < -0.39 is 0 Å². The summed E-state index contributed by atoms with van der Waals surface area (Å²) in [4.78, 5) is 17.3. The van der Waals surface area contributed by atoms with Crippen LogP contribution in [0.4, 0.5) is 10.1 Å². The Hall–Kier alpha value is -4.33. The van der Waals surface area contributed by atoms with E-state index in [1.165, 1.54) is 17.7 Å². The molecule has 7 nitrogen and oxygen atoms in total. The normalized spacial score (nSPS) is 11.1. The van der Waals surface area contributed by atoms with Gasteiger partial charge in [0.25, 0.3) is 0 Å². The number of nitrogens with one attached hydrogen (secondary N) is 1. The maximum Gasteiger partial charge on any atom is 0.246 e. The zero-order valence-corrected chi connectivity index (χ0v) is 18.9. The number of carbonyl (C=O) groups excluding carboxylic acids is 1. The molecule has 1 N–H and O–H groups in total. The van der Waals surface area contributed by atoms with Gasteiger partial charge in [0.15, 0.2) is 5.65 Å². The molecule has 5 rings (SSSR count). The number of hydrogen-bond acceptors (Lipinski definition) is 4. The quantitative estimate of drug-likeness (QED) is 0.402. The number of aryl methyl sites for hydroxylation is 2. The van der Waals surface area contributed by atoms with Crippen LogP contribution in [0.25, 0.3) is 22.2 Å². The molecule has 0 radical (unpaired) electrons. The number of aromatic nitrogens is 5. The number of carbonyl (C=O) groups is 1. The van der Waals surface area contributed by atoms with Gasteiger partial charge < -0.3 is 5.32 Å². The van der Waals surface area contributed by atoms with E-state index in [-0.39, 0.29) is 18.3 Å². The molecule has 2 aromatic carbocycles. The minimum Gasteiger partial charge on any atom is -0.322 e. The molecule has 1 amide bonds. The van der Waals surface area contributed by atoms with Crippen LogP contribution in [0, 0.1) is 19.7 Å². The summed E-state index contributed by atoms with van der Waals surface area (Å²) in [6.45, 7) is 4.41. The Kier molecular flexibility index (Phi) is 5.63. The van der Waals surface area contributed by atoms with Crippen LogP contribution in [0.1, 0.15) is 16.8 Å². The number of benzene rings is 2. The van der Waals surface area contributed by atoms with Gasteiger partial charge in [0.05, 0.1) is 24.1 Å². The summed E-state index contributed by atoms with van der Waals surface area (Å²) in [6, 6.07) is 16.6. The number of halogens is 1. The predicted octanol–water partition coefficient (Wildman–Crippen LogP) is 4.74. The average Bonchev–Trinajstić information content (AvgIpc) is 3.37. The summed E-state index contributed by atoms with van der Waals surface area (Å²) in [5.41, 5.74) is 6.12. The summed E-state index contributed by atoms with van der Waals surface area (Å²) in [5, 5.41) is 12.6. The third kappa shape index (κ3) is 4.43. The van der Waals surface area contributed by atoms with Gasteiger partial charge in [-0.2, -0.15) is 10.2 Å². The molecule has 0 unspecified atom stereocenters. The molecule has 0 spiro atoms. The van der Waals surface area contributed by atoms with Crippen LogP contribution in [0.15, 0.2) is 73.2 Å². The second-order valence-electron chi connectivity index (χ2n) is 8.27. The van der Waals surface area contributed by atoms with Gasteiger partial charge in [-0.25, -0.2) is 14.1 Å². The van der Waals surface area contributed by atoms with E-state index in [1.807, 2.05) is 25.1 Å². The summed E-state index contributed by atoms with van der Waals surface area (Å²) in [7, 11) is 0. The van der Waals surface area contributed by atoms with Crippen molar-refractivity contribution in [2.75, 3.05) is 5.32 Å². The number of fused-ring (bicyclic) bond motifs is 1. The molecule has 0 aliphatic carbocycles. The number of anilines is 1. The molecule has 0 fully saturated rings. The zero-order valence-electron chi connectivity index (χ0n) is 18.9. The summed E-state index contributed by atoms with van der Waals surface area (Å²) >= 11 is 0. The first kappa shape index (κ1) is 21.5. The highest BCUT2D eigenvalue weighted by molar-refractivity contribution is 5.96. The lowest BCUT2D eigenvalue weighted by Gasteiger charge is -2.06. The molecule has 0 bridgehead atoms. The van der Waals surface area contributed by atoms with E-state index in [1.54, 1.807) is 34.0 Å². The standard InChI is InChI=1S/C26H23FN6O/c1-17-5-3-7-20(11-17)23-9-10-28-26-25(23)18(2)31-33(26)16-24(34)30-22-13-29-32(15-22)14-19-6-4-8-21(27)12-19/h3-13,15H,14,16H2,1-2H3,(H,30,34). The van der Waals surface area contributed by atoms with Gasteiger partial charge in [-0.15, -0.1) is 0 Å². The van der Waals surface area contributed by atoms with Crippen molar-refractivity contribution in [2.24, 2.45) is 0 Å². The van der Waals surface area contributed by atoms with Crippen molar-refractivity contribution in [3.63, 3.8) is 0 Å². The fraction of sp³-hybridized carbons (Fsp3) is 0.154. The molecule has 0 aliphatic heterocycles. The first-order valence-electron chi connectivity index (χ1n) is 10.9. The minimum atomic E-state index is -0.293. The zero-order chi connectivity index (χ0) is 23.7. The fourth-order valence-electron chi connectivity index (χ4n) is 4.12. The van der Waals surface area contributed by atoms with Crippen molar-refractivity contribution >= 4 is 22.6 Å². The topological polar surface area (TPSA) is 77.6 Å². The number of pyridine rings is 1. The average molecular weight is 455 g/mol. The van der Waals surface area contributed by atoms with Gasteiger partial charge in [-0.05, 0) is 48.7 Å². The van der Waals surface area contributed by atoms with Crippen LogP contribution in [0.3, 0.4) is 0 Å². The van der Waals surface area contributed by atoms with Gasteiger partial charge in [0, 0.05) is 17.8 Å². The fourth-order valence-corrected chi connectivity index (χ4v) is 4.12. The van der Waals surface area contributed by atoms with E-state index in [0.717, 1.165) is 27.8 Å². The highest BCUT2D eigenvalue weighted by atomic mass is 19.1. The molecule has 3 heterocycles. The highest BCUT2D eigenvalue weighted by Crippen LogP contribution is 2.30. The first-order valence-corrected chi connectivity index (χ1v) is 10.9. The highest BCUT2D eigenvalue weighted by Gasteiger charge is 2.16. The third-order valence-electron chi connectivity index (χ3n) is 5.58. The lowest BCUT2D eigenvalue weighted by Crippen LogP contribution is -2.19. The largest absolute Gasteiger partial charge is 0.322 e. The van der Waals surface area contributed by atoms with Crippen molar-refractivity contribution in [3.8, 4) is 11.1 Å². The Labute approximate surface area is 195 Å². The predicted molar refractivity (Wildman–Crippen MR) is 129 cm³/mol. The Bertz CT molecular complexity index is 1500. The number of nitrogens with zero attached hydrogens (tertiary/aromatic N) is 5. The lowest BCUT2D eigenvalue weighted by atomic mass is 10.0. The molecular formula is C26H23FN6O. The molecule has 170 valence electrons. The van der Waals surface area contributed by atoms with Crippen LogP contribution >= 0.6 is 0 Å². The van der Waals surface area contributed by atoms with Crippen LogP contribution in [0.2, 0.25) is 0 Å². The molecule has 5 aromatic rings. The van der Waals surface area contributed by atoms with E-state index in [2.05, 4.69) is 45.6 Å². The molecule has 8 heteroatoms. The van der Waals surface area contributed by atoms with Crippen molar-refractivity contribution < 1.29 is 9.18 Å². The van der Waals surface area contributed by atoms with Gasteiger partial charge in [0.1, 0.15) is 12.4 Å². The monoisotopic (exact) mass is 454 g/mol. The van der Waals surface area contributed by atoms with Crippen molar-refractivity contribution in [2.45, 2.75) is 26.9 Å². The molecule has 0 atom stereocenters. The molecule has 34 heavy (non-hydrogen) atoms. The second-order valence-corrected chi connectivity index (χ2v) is 8.27. The number of amides is 1. The molecular weight excluding hydrogens is 431 g/mol. The minimum absolute atomic E-state index is 0.0175. The van der Waals surface area contributed by atoms with Crippen molar-refractivity contribution in [3.05, 3.63) is 95.8 Å². The number of hydrogen-bond donors (Lipinski definition) is 1. The smallest absolute Gasteiger partial charge is 0.246 e. The lowest BCUT2D eigenvalue weighted by molar-refractivity contribution is -0.116. The van der Waals surface area contributed by atoms with Gasteiger partial charge >= 0.3 is 0 Å². The maximum absolute atomic E-state index is 13.4. The molecule has 0 saturated heterocycles. The summed E-state index contributed by atoms with van der Waals surface area (Å²) < 4.78 is 16.7. The van der Waals surface area contributed by atoms with Crippen LogP contribution in [0.5, 0.6) is 0 Å². The van der Waals surface area contributed by atoms with E-state index in [0.29, 0.717) is 17.9 Å². The van der Waals surface area contributed by atoms with E-state index >= 15 is 0 Å². The summed E-state index contributed by atoms with van der Waals surface area (Å²) in [6.07, 6.45) is 5.02. The van der Waals surface area contributed by atoms with Crippen molar-refractivity contribution in [1.82, 2.24) is 24.5 Å². The maximum atomic E-state index is 13.4. The van der Waals surface area contributed by atoms with Gasteiger partial charge in [0.2, 0.25) is 5.91 Å². The van der Waals surface area contributed by atoms with Crippen LogP contribution < -0.4 is 5.32 Å².